The lowest BCUT2D eigenvalue weighted by molar-refractivity contribution is -0.207. The molecule has 12 nitrogen and oxygen atoms in total. The number of hydrogen-bond donors (Lipinski definition) is 6. The van der Waals surface area contributed by atoms with Gasteiger partial charge in [0.25, 0.3) is 0 Å². The number of rotatable bonds is 10. The Hall–Kier alpha value is -4.55. The first-order valence-electron chi connectivity index (χ1n) is 12.8. The predicted molar refractivity (Wildman–Crippen MR) is 143 cm³/mol. The molecule has 1 aliphatic rings. The van der Waals surface area contributed by atoms with Crippen LogP contribution in [0.1, 0.15) is 43.7 Å². The maximum absolute atomic E-state index is 12.6. The maximum Gasteiger partial charge on any atom is 0.338 e. The lowest BCUT2D eigenvalue weighted by atomic mass is 9.79. The van der Waals surface area contributed by atoms with Crippen molar-refractivity contribution in [1.82, 2.24) is 0 Å². The van der Waals surface area contributed by atoms with Gasteiger partial charge < -0.3 is 44.8 Å². The molecule has 0 aliphatic heterocycles. The minimum absolute atomic E-state index is 0.0381. The highest BCUT2D eigenvalue weighted by molar-refractivity contribution is 5.88. The van der Waals surface area contributed by atoms with E-state index in [0.717, 1.165) is 18.6 Å². The van der Waals surface area contributed by atoms with Crippen molar-refractivity contribution in [3.8, 4) is 23.0 Å². The third-order valence-corrected chi connectivity index (χ3v) is 6.28. The molecule has 0 aromatic heterocycles. The molecular weight excluding hydrogens is 540 g/mol. The average molecular weight is 573 g/mol. The first-order valence-corrected chi connectivity index (χ1v) is 12.8. The third-order valence-electron chi connectivity index (χ3n) is 6.28. The number of esters is 3. The molecule has 41 heavy (non-hydrogen) atoms. The van der Waals surface area contributed by atoms with Gasteiger partial charge in [0, 0.05) is 25.0 Å². The summed E-state index contributed by atoms with van der Waals surface area (Å²) in [5.74, 6) is -4.48. The second kappa shape index (κ2) is 13.7. The number of aromatic hydroxyl groups is 4. The molecule has 0 saturated heterocycles. The van der Waals surface area contributed by atoms with Crippen LogP contribution in [-0.4, -0.2) is 79.1 Å². The number of carbonyl (C=O) groups excluding carboxylic acids is 3. The second-order valence-electron chi connectivity index (χ2n) is 9.54. The van der Waals surface area contributed by atoms with E-state index in [2.05, 4.69) is 0 Å². The van der Waals surface area contributed by atoms with Crippen molar-refractivity contribution in [3.63, 3.8) is 0 Å². The lowest BCUT2D eigenvalue weighted by Gasteiger charge is -2.41. The van der Waals surface area contributed by atoms with E-state index in [1.165, 1.54) is 48.6 Å². The summed E-state index contributed by atoms with van der Waals surface area (Å²) >= 11 is 0. The van der Waals surface area contributed by atoms with Gasteiger partial charge in [-0.15, -0.1) is 0 Å². The zero-order chi connectivity index (χ0) is 30.2. The van der Waals surface area contributed by atoms with Crippen LogP contribution >= 0.6 is 0 Å². The quantitative estimate of drug-likeness (QED) is 0.0799. The molecule has 1 aliphatic carbocycles. The highest BCUT2D eigenvalue weighted by Gasteiger charge is 2.53. The molecule has 0 bridgehead atoms. The van der Waals surface area contributed by atoms with Crippen molar-refractivity contribution in [2.45, 2.75) is 56.5 Å². The summed E-state index contributed by atoms with van der Waals surface area (Å²) < 4.78 is 15.8. The van der Waals surface area contributed by atoms with Crippen molar-refractivity contribution in [1.29, 1.82) is 0 Å². The molecule has 0 radical (unpaired) electrons. The Labute approximate surface area is 235 Å². The predicted octanol–water partition coefficient (Wildman–Crippen LogP) is 2.29. The third kappa shape index (κ3) is 8.47. The van der Waals surface area contributed by atoms with E-state index in [-0.39, 0.29) is 18.1 Å². The van der Waals surface area contributed by atoms with Gasteiger partial charge in [-0.3, -0.25) is 0 Å². The summed E-state index contributed by atoms with van der Waals surface area (Å²) in [4.78, 5) is 37.8. The fourth-order valence-corrected chi connectivity index (χ4v) is 4.09. The second-order valence-corrected chi connectivity index (χ2v) is 9.54. The molecule has 0 spiro atoms. The van der Waals surface area contributed by atoms with Crippen LogP contribution in [0.3, 0.4) is 0 Å². The van der Waals surface area contributed by atoms with Crippen LogP contribution in [0.15, 0.2) is 48.6 Å². The molecule has 1 saturated carbocycles. The number of aliphatic hydroxyl groups is 2. The SMILES string of the molecule is CCCCOC(=O)[C@]1(O)C[C@@H](O)[C@@H](OC(=O)C=Cc2ccc(O)c(O)c2)[C@H](OC(=O)C=Cc2ccc(O)c(O)c2)C1. The monoisotopic (exact) mass is 572 g/mol. The van der Waals surface area contributed by atoms with Gasteiger partial charge in [-0.2, -0.15) is 0 Å². The Morgan fingerprint density at radius 2 is 1.39 bits per heavy atom. The van der Waals surface area contributed by atoms with Crippen molar-refractivity contribution < 1.29 is 59.2 Å². The Balaban J connectivity index is 1.78. The van der Waals surface area contributed by atoms with Gasteiger partial charge in [-0.1, -0.05) is 25.5 Å². The van der Waals surface area contributed by atoms with Crippen molar-refractivity contribution in [3.05, 3.63) is 59.7 Å². The van der Waals surface area contributed by atoms with E-state index >= 15 is 0 Å². The van der Waals surface area contributed by atoms with Crippen molar-refractivity contribution >= 4 is 30.1 Å². The van der Waals surface area contributed by atoms with E-state index in [9.17, 15) is 45.0 Å². The molecule has 1 fully saturated rings. The summed E-state index contributed by atoms with van der Waals surface area (Å²) in [7, 11) is 0. The van der Waals surface area contributed by atoms with E-state index in [1.54, 1.807) is 0 Å². The van der Waals surface area contributed by atoms with Crippen LogP contribution in [0.4, 0.5) is 0 Å². The number of ether oxygens (including phenoxy) is 3. The Bertz CT molecular complexity index is 1320. The van der Waals surface area contributed by atoms with Gasteiger partial charge >= 0.3 is 17.9 Å². The fourth-order valence-electron chi connectivity index (χ4n) is 4.09. The van der Waals surface area contributed by atoms with Crippen LogP contribution in [0, 0.1) is 0 Å². The molecule has 6 N–H and O–H groups in total. The Morgan fingerprint density at radius 1 is 0.854 bits per heavy atom. The van der Waals surface area contributed by atoms with Gasteiger partial charge in [0.2, 0.25) is 0 Å². The van der Waals surface area contributed by atoms with Crippen LogP contribution in [-0.2, 0) is 28.6 Å². The van der Waals surface area contributed by atoms with Gasteiger partial charge in [0.05, 0.1) is 12.7 Å². The molecule has 2 aromatic rings. The lowest BCUT2D eigenvalue weighted by Crippen LogP contribution is -2.58. The van der Waals surface area contributed by atoms with Crippen LogP contribution in [0.25, 0.3) is 12.2 Å². The Morgan fingerprint density at radius 3 is 1.90 bits per heavy atom. The molecule has 2 aromatic carbocycles. The molecule has 4 atom stereocenters. The van der Waals surface area contributed by atoms with Crippen LogP contribution in [0.5, 0.6) is 23.0 Å². The molecule has 220 valence electrons. The van der Waals surface area contributed by atoms with Crippen molar-refractivity contribution in [2.75, 3.05) is 6.61 Å². The smallest absolute Gasteiger partial charge is 0.338 e. The van der Waals surface area contributed by atoms with Crippen LogP contribution in [0.2, 0.25) is 0 Å². The van der Waals surface area contributed by atoms with Crippen molar-refractivity contribution in [2.24, 2.45) is 0 Å². The number of phenolic OH excluding ortho intramolecular Hbond substituents is 4. The van der Waals surface area contributed by atoms with E-state index in [0.29, 0.717) is 17.5 Å². The number of unbranched alkanes of at least 4 members (excludes halogenated alkanes) is 1. The number of carbonyl (C=O) groups is 3. The number of phenols is 4. The fraction of sp³-hybridized carbons (Fsp3) is 0.345. The highest BCUT2D eigenvalue weighted by Crippen LogP contribution is 2.34. The summed E-state index contributed by atoms with van der Waals surface area (Å²) in [5, 5.41) is 59.9. The topological polar surface area (TPSA) is 200 Å². The van der Waals surface area contributed by atoms with E-state index in [1.807, 2.05) is 6.92 Å². The van der Waals surface area contributed by atoms with Gasteiger partial charge in [-0.05, 0) is 54.0 Å². The molecule has 0 heterocycles. The molecule has 0 unspecified atom stereocenters. The first kappa shape index (κ1) is 31.0. The standard InChI is InChI=1S/C29H32O12/c1-2-3-12-39-28(37)29(38)15-23(34)27(41-26(36)11-7-18-5-9-20(31)22(33)14-18)24(16-29)40-25(35)10-6-17-4-8-19(30)21(32)13-17/h4-11,13-14,23-24,27,30-34,38H,2-3,12,15-16H2,1H3/t23-,24-,27-,29+/m1/s1. The largest absolute Gasteiger partial charge is 0.504 e. The minimum Gasteiger partial charge on any atom is -0.504 e. The summed E-state index contributed by atoms with van der Waals surface area (Å²) in [6, 6.07) is 7.66. The minimum atomic E-state index is -2.23. The highest BCUT2D eigenvalue weighted by atomic mass is 16.6. The summed E-state index contributed by atoms with van der Waals surface area (Å²) in [6.45, 7) is 1.92. The van der Waals surface area contributed by atoms with Gasteiger partial charge in [0.1, 0.15) is 6.10 Å². The Kier molecular flexibility index (Phi) is 10.3. The molecule has 0 amide bonds. The first-order chi connectivity index (χ1) is 19.4. The summed E-state index contributed by atoms with van der Waals surface area (Å²) in [5.41, 5.74) is -1.54. The zero-order valence-electron chi connectivity index (χ0n) is 22.2. The van der Waals surface area contributed by atoms with Gasteiger partial charge in [-0.25, -0.2) is 14.4 Å². The van der Waals surface area contributed by atoms with E-state index < -0.39 is 66.2 Å². The summed E-state index contributed by atoms with van der Waals surface area (Å²) in [6.07, 6.45) is 0.110. The maximum atomic E-state index is 12.6. The molecule has 3 rings (SSSR count). The van der Waals surface area contributed by atoms with Gasteiger partial charge in [0.15, 0.2) is 34.7 Å². The van der Waals surface area contributed by atoms with E-state index in [4.69, 9.17) is 14.2 Å². The number of aliphatic hydroxyl groups excluding tert-OH is 1. The zero-order valence-corrected chi connectivity index (χ0v) is 22.2. The number of benzene rings is 2. The molecular formula is C29H32O12. The van der Waals surface area contributed by atoms with Crippen LogP contribution < -0.4 is 0 Å². The average Bonchev–Trinajstić information content (AvgIpc) is 2.92. The normalized spacial score (nSPS) is 22.5. The molecule has 12 heteroatoms. The number of hydrogen-bond acceptors (Lipinski definition) is 12.